The van der Waals surface area contributed by atoms with Gasteiger partial charge in [-0.05, 0) is 32.9 Å². The number of carbonyl (C=O) groups excluding carboxylic acids is 2. The van der Waals surface area contributed by atoms with Gasteiger partial charge in [-0.1, -0.05) is 12.1 Å². The monoisotopic (exact) mass is 368 g/mol. The molecule has 2 unspecified atom stereocenters. The van der Waals surface area contributed by atoms with Gasteiger partial charge in [0.25, 0.3) is 0 Å². The highest BCUT2D eigenvalue weighted by Gasteiger charge is 2.58. The molecule has 1 aromatic heterocycles. The summed E-state index contributed by atoms with van der Waals surface area (Å²) in [6.07, 6.45) is 3.21. The zero-order valence-electron chi connectivity index (χ0n) is 15.7. The van der Waals surface area contributed by atoms with Crippen LogP contribution in [0.3, 0.4) is 0 Å². The van der Waals surface area contributed by atoms with Gasteiger partial charge in [-0.3, -0.25) is 4.98 Å². The quantitative estimate of drug-likeness (QED) is 0.852. The average Bonchev–Trinajstić information content (AvgIpc) is 3.03. The van der Waals surface area contributed by atoms with E-state index in [1.807, 2.05) is 45.0 Å². The van der Waals surface area contributed by atoms with Crippen LogP contribution in [0.25, 0.3) is 10.8 Å². The Bertz CT molecular complexity index is 875. The number of fused-ring (bicyclic) bond motifs is 2. The number of nitrogens with one attached hydrogen (secondary N) is 2. The number of piperidine rings is 1. The maximum Gasteiger partial charge on any atom is 0.410 e. The van der Waals surface area contributed by atoms with E-state index in [0.29, 0.717) is 24.9 Å². The van der Waals surface area contributed by atoms with Crippen molar-refractivity contribution in [1.82, 2.24) is 15.2 Å². The summed E-state index contributed by atoms with van der Waals surface area (Å²) in [5, 5.41) is 7.89. The van der Waals surface area contributed by atoms with Crippen molar-refractivity contribution in [2.24, 2.45) is 11.8 Å². The van der Waals surface area contributed by atoms with Crippen molar-refractivity contribution in [2.45, 2.75) is 32.4 Å². The summed E-state index contributed by atoms with van der Waals surface area (Å²) in [4.78, 5) is 30.4. The highest BCUT2D eigenvalue weighted by atomic mass is 16.6. The molecule has 2 atom stereocenters. The summed E-state index contributed by atoms with van der Waals surface area (Å²) in [7, 11) is 0. The summed E-state index contributed by atoms with van der Waals surface area (Å²) in [6.45, 7) is 6.84. The molecule has 0 radical (unpaired) electrons. The third-order valence-corrected chi connectivity index (χ3v) is 5.07. The highest BCUT2D eigenvalue weighted by molar-refractivity contribution is 6.01. The molecule has 1 saturated carbocycles. The fraction of sp³-hybridized carbons (Fsp3) is 0.450. The lowest BCUT2D eigenvalue weighted by Crippen LogP contribution is -2.41. The molecule has 2 fully saturated rings. The van der Waals surface area contributed by atoms with Gasteiger partial charge in [0.05, 0.1) is 5.69 Å². The van der Waals surface area contributed by atoms with Crippen molar-refractivity contribution < 1.29 is 14.3 Å². The number of hydrogen-bond acceptors (Lipinski definition) is 4. The van der Waals surface area contributed by atoms with E-state index >= 15 is 0 Å². The zero-order chi connectivity index (χ0) is 19.2. The van der Waals surface area contributed by atoms with Gasteiger partial charge in [0, 0.05) is 54.1 Å². The summed E-state index contributed by atoms with van der Waals surface area (Å²) >= 11 is 0. The van der Waals surface area contributed by atoms with Crippen LogP contribution in [0.5, 0.6) is 0 Å². The van der Waals surface area contributed by atoms with Crippen molar-refractivity contribution in [3.05, 3.63) is 36.7 Å². The molecule has 1 saturated heterocycles. The Morgan fingerprint density at radius 3 is 2.63 bits per heavy atom. The first kappa shape index (κ1) is 17.6. The first-order valence-corrected chi connectivity index (χ1v) is 9.20. The van der Waals surface area contributed by atoms with Gasteiger partial charge >= 0.3 is 12.1 Å². The van der Waals surface area contributed by atoms with E-state index in [2.05, 4.69) is 15.6 Å². The number of benzene rings is 1. The summed E-state index contributed by atoms with van der Waals surface area (Å²) in [5.74, 6) is 0.611. The minimum absolute atomic E-state index is 0.111. The molecule has 7 heteroatoms. The van der Waals surface area contributed by atoms with Crippen LogP contribution in [0, 0.1) is 11.8 Å². The Morgan fingerprint density at radius 1 is 1.19 bits per heavy atom. The molecular formula is C20H24N4O3. The molecule has 2 heterocycles. The van der Waals surface area contributed by atoms with Gasteiger partial charge in [-0.15, -0.1) is 0 Å². The Hall–Kier alpha value is -2.83. The van der Waals surface area contributed by atoms with Gasteiger partial charge in [-0.2, -0.15) is 0 Å². The molecule has 0 bridgehead atoms. The van der Waals surface area contributed by atoms with Crippen molar-refractivity contribution >= 4 is 28.6 Å². The number of rotatable bonds is 2. The van der Waals surface area contributed by atoms with Crippen molar-refractivity contribution in [2.75, 3.05) is 18.4 Å². The number of ether oxygens (including phenoxy) is 1. The van der Waals surface area contributed by atoms with E-state index < -0.39 is 5.60 Å². The predicted molar refractivity (Wildman–Crippen MR) is 102 cm³/mol. The number of pyridine rings is 1. The average molecular weight is 368 g/mol. The van der Waals surface area contributed by atoms with Crippen LogP contribution in [0.15, 0.2) is 36.7 Å². The molecule has 3 amide bonds. The molecule has 4 rings (SSSR count). The van der Waals surface area contributed by atoms with E-state index in [-0.39, 0.29) is 18.2 Å². The second-order valence-corrected chi connectivity index (χ2v) is 8.24. The summed E-state index contributed by atoms with van der Waals surface area (Å²) in [6, 6.07) is 7.50. The number of anilines is 1. The lowest BCUT2D eigenvalue weighted by molar-refractivity contribution is 0.0270. The number of carbonyl (C=O) groups is 2. The highest BCUT2D eigenvalue weighted by Crippen LogP contribution is 2.45. The number of urea groups is 1. The fourth-order valence-corrected chi connectivity index (χ4v) is 3.76. The van der Waals surface area contributed by atoms with E-state index in [1.54, 1.807) is 17.3 Å². The lowest BCUT2D eigenvalue weighted by atomic mass is 10.1. The Labute approximate surface area is 158 Å². The maximum atomic E-state index is 12.4. The molecule has 2 N–H and O–H groups in total. The topological polar surface area (TPSA) is 83.6 Å². The van der Waals surface area contributed by atoms with Crippen LogP contribution >= 0.6 is 0 Å². The zero-order valence-corrected chi connectivity index (χ0v) is 15.7. The van der Waals surface area contributed by atoms with E-state index in [1.165, 1.54) is 0 Å². The predicted octanol–water partition coefficient (Wildman–Crippen LogP) is 3.22. The van der Waals surface area contributed by atoms with Crippen LogP contribution in [0.4, 0.5) is 15.3 Å². The van der Waals surface area contributed by atoms with E-state index in [4.69, 9.17) is 4.74 Å². The first-order valence-electron chi connectivity index (χ1n) is 9.20. The van der Waals surface area contributed by atoms with Crippen molar-refractivity contribution in [1.29, 1.82) is 0 Å². The van der Waals surface area contributed by atoms with Crippen molar-refractivity contribution in [3.63, 3.8) is 0 Å². The maximum absolute atomic E-state index is 12.4. The van der Waals surface area contributed by atoms with Crippen LogP contribution in [-0.4, -0.2) is 46.7 Å². The molecule has 1 aromatic carbocycles. The lowest BCUT2D eigenvalue weighted by Gasteiger charge is -2.26. The largest absolute Gasteiger partial charge is 0.444 e. The summed E-state index contributed by atoms with van der Waals surface area (Å²) in [5.41, 5.74) is 0.267. The molecule has 142 valence electrons. The van der Waals surface area contributed by atoms with Gasteiger partial charge in [0.2, 0.25) is 0 Å². The second-order valence-electron chi connectivity index (χ2n) is 8.24. The molecular weight excluding hydrogens is 344 g/mol. The van der Waals surface area contributed by atoms with E-state index in [9.17, 15) is 9.59 Å². The third kappa shape index (κ3) is 3.67. The number of amides is 3. The third-order valence-electron chi connectivity index (χ3n) is 5.07. The minimum Gasteiger partial charge on any atom is -0.444 e. The van der Waals surface area contributed by atoms with Gasteiger partial charge in [-0.25, -0.2) is 9.59 Å². The van der Waals surface area contributed by atoms with Crippen LogP contribution in [0.2, 0.25) is 0 Å². The Kier molecular flexibility index (Phi) is 4.17. The molecule has 1 aliphatic carbocycles. The van der Waals surface area contributed by atoms with E-state index in [0.717, 1.165) is 16.5 Å². The SMILES string of the molecule is CC(C)(C)OC(=O)N1CC2C(C1)C2NC(=O)Nc1cccc2cnccc12. The van der Waals surface area contributed by atoms with Crippen molar-refractivity contribution in [3.8, 4) is 0 Å². The number of aromatic nitrogens is 1. The number of hydrogen-bond donors (Lipinski definition) is 2. The van der Waals surface area contributed by atoms with Gasteiger partial charge in [0.1, 0.15) is 5.60 Å². The fourth-order valence-electron chi connectivity index (χ4n) is 3.76. The Morgan fingerprint density at radius 2 is 1.93 bits per heavy atom. The normalized spacial score (nSPS) is 23.7. The smallest absolute Gasteiger partial charge is 0.410 e. The molecule has 7 nitrogen and oxygen atoms in total. The minimum atomic E-state index is -0.491. The molecule has 2 aromatic rings. The van der Waals surface area contributed by atoms with Crippen LogP contribution in [-0.2, 0) is 4.74 Å². The van der Waals surface area contributed by atoms with Crippen LogP contribution < -0.4 is 10.6 Å². The first-order chi connectivity index (χ1) is 12.8. The molecule has 27 heavy (non-hydrogen) atoms. The number of likely N-dealkylation sites (tertiary alicyclic amines) is 1. The number of nitrogens with zero attached hydrogens (tertiary/aromatic N) is 2. The van der Waals surface area contributed by atoms with Gasteiger partial charge in [0.15, 0.2) is 0 Å². The molecule has 2 aliphatic rings. The molecule has 0 spiro atoms. The van der Waals surface area contributed by atoms with Gasteiger partial charge < -0.3 is 20.3 Å². The second kappa shape index (κ2) is 6.40. The standard InChI is InChI=1S/C20H24N4O3/c1-20(2,3)27-19(26)24-10-14-15(11-24)17(14)23-18(25)22-16-6-4-5-12-9-21-8-7-13(12)16/h4-9,14-15,17H,10-11H2,1-3H3,(H2,22,23,25). The van der Waals surface area contributed by atoms with Crippen LogP contribution in [0.1, 0.15) is 20.8 Å². The molecule has 1 aliphatic heterocycles. The summed E-state index contributed by atoms with van der Waals surface area (Å²) < 4.78 is 5.41. The Balaban J connectivity index is 1.31.